The zero-order valence-electron chi connectivity index (χ0n) is 14.6. The summed E-state index contributed by atoms with van der Waals surface area (Å²) >= 11 is 4.76. The highest BCUT2D eigenvalue weighted by atomic mass is 32.1. The molecule has 3 aromatic rings. The molecule has 0 bridgehead atoms. The fraction of sp³-hybridized carbons (Fsp3) is 0.263. The summed E-state index contributed by atoms with van der Waals surface area (Å²) in [6.45, 7) is 1.10. The average Bonchev–Trinajstić information content (AvgIpc) is 3.42. The third kappa shape index (κ3) is 3.70. The molecule has 0 fully saturated rings. The van der Waals surface area contributed by atoms with Crippen LogP contribution in [0.2, 0.25) is 0 Å². The second-order valence-corrected chi connectivity index (χ2v) is 9.04. The summed E-state index contributed by atoms with van der Waals surface area (Å²) in [5.74, 6) is -0.559. The molecule has 4 heterocycles. The molecule has 1 atom stereocenters. The first-order chi connectivity index (χ1) is 13.2. The molecule has 0 spiro atoms. The molecule has 1 N–H and O–H groups in total. The number of amides is 1. The van der Waals surface area contributed by atoms with Crippen molar-refractivity contribution >= 4 is 51.6 Å². The van der Waals surface area contributed by atoms with Crippen LogP contribution >= 0.6 is 34.0 Å². The molecule has 0 saturated heterocycles. The van der Waals surface area contributed by atoms with Crippen LogP contribution in [0.25, 0.3) is 0 Å². The van der Waals surface area contributed by atoms with E-state index in [1.165, 1.54) is 33.8 Å². The highest BCUT2D eigenvalue weighted by Gasteiger charge is 2.31. The summed E-state index contributed by atoms with van der Waals surface area (Å²) in [4.78, 5) is 29.8. The van der Waals surface area contributed by atoms with Crippen LogP contribution in [-0.4, -0.2) is 37.0 Å². The topological polar surface area (TPSA) is 58.6 Å². The highest BCUT2D eigenvalue weighted by Crippen LogP contribution is 2.39. The third-order valence-electron chi connectivity index (χ3n) is 4.54. The molecule has 1 aliphatic rings. The van der Waals surface area contributed by atoms with Gasteiger partial charge in [-0.3, -0.25) is 9.69 Å². The van der Waals surface area contributed by atoms with Crippen molar-refractivity contribution in [2.24, 2.45) is 0 Å². The van der Waals surface area contributed by atoms with Gasteiger partial charge in [0.25, 0.3) is 0 Å². The summed E-state index contributed by atoms with van der Waals surface area (Å²) in [6, 6.07) is 8.18. The Morgan fingerprint density at radius 3 is 2.81 bits per heavy atom. The Balaban J connectivity index is 1.52. The Morgan fingerprint density at radius 1 is 1.19 bits per heavy atom. The number of rotatable bonds is 5. The minimum atomic E-state index is -0.433. The molecule has 5 nitrogen and oxygen atoms in total. The second-order valence-electron chi connectivity index (χ2n) is 6.14. The van der Waals surface area contributed by atoms with Crippen molar-refractivity contribution in [3.63, 3.8) is 0 Å². The maximum absolute atomic E-state index is 12.7. The third-order valence-corrected chi connectivity index (χ3v) is 7.35. The lowest BCUT2D eigenvalue weighted by atomic mass is 9.98. The largest absolute Gasteiger partial charge is 0.465 e. The molecule has 3 aromatic heterocycles. The predicted molar refractivity (Wildman–Crippen MR) is 110 cm³/mol. The molecule has 0 aliphatic carbocycles. The van der Waals surface area contributed by atoms with Gasteiger partial charge in [0.1, 0.15) is 4.88 Å². The van der Waals surface area contributed by atoms with Crippen LogP contribution < -0.4 is 5.32 Å². The summed E-state index contributed by atoms with van der Waals surface area (Å²) < 4.78 is 4.78. The number of nitrogens with one attached hydrogen (secondary N) is 1. The first kappa shape index (κ1) is 18.4. The van der Waals surface area contributed by atoms with E-state index in [4.69, 9.17) is 4.74 Å². The number of nitrogens with zero attached hydrogens (tertiary/aromatic N) is 1. The maximum Gasteiger partial charge on any atom is 0.350 e. The maximum atomic E-state index is 12.7. The van der Waals surface area contributed by atoms with Crippen LogP contribution in [0.1, 0.15) is 31.0 Å². The van der Waals surface area contributed by atoms with Gasteiger partial charge in [-0.1, -0.05) is 6.07 Å². The van der Waals surface area contributed by atoms with Gasteiger partial charge in [-0.05, 0) is 46.3 Å². The van der Waals surface area contributed by atoms with E-state index < -0.39 is 5.97 Å². The molecule has 0 saturated carbocycles. The molecule has 0 unspecified atom stereocenters. The second kappa shape index (κ2) is 7.93. The smallest absolute Gasteiger partial charge is 0.350 e. The van der Waals surface area contributed by atoms with E-state index in [2.05, 4.69) is 33.1 Å². The van der Waals surface area contributed by atoms with Gasteiger partial charge in [-0.2, -0.15) is 0 Å². The predicted octanol–water partition coefficient (Wildman–Crippen LogP) is 4.24. The lowest BCUT2D eigenvalue weighted by molar-refractivity contribution is -0.117. The van der Waals surface area contributed by atoms with Gasteiger partial charge in [0.15, 0.2) is 0 Å². The van der Waals surface area contributed by atoms with Crippen LogP contribution in [0, 0.1) is 0 Å². The molecular formula is C19H18N2O3S3. The van der Waals surface area contributed by atoms with Crippen LogP contribution in [0.3, 0.4) is 0 Å². The summed E-state index contributed by atoms with van der Waals surface area (Å²) in [7, 11) is 1.34. The van der Waals surface area contributed by atoms with E-state index in [0.29, 0.717) is 10.6 Å². The molecule has 0 radical (unpaired) electrons. The van der Waals surface area contributed by atoms with E-state index in [0.717, 1.165) is 13.0 Å². The zero-order chi connectivity index (χ0) is 18.8. The van der Waals surface area contributed by atoms with Crippen LogP contribution in [0.15, 0.2) is 40.4 Å². The van der Waals surface area contributed by atoms with Crippen LogP contribution in [-0.2, 0) is 16.0 Å². The van der Waals surface area contributed by atoms with Crippen molar-refractivity contribution in [2.75, 3.05) is 25.5 Å². The monoisotopic (exact) mass is 418 g/mol. The molecule has 1 aliphatic heterocycles. The Kier molecular flexibility index (Phi) is 5.40. The Hall–Kier alpha value is -2.00. The number of carbonyl (C=O) groups excluding carboxylic acids is 2. The van der Waals surface area contributed by atoms with Gasteiger partial charge in [-0.15, -0.1) is 34.0 Å². The standard InChI is InChI=1S/C19H18N2O3S3/c1-24-19(23)18-13(6-10-27-18)20-16(22)11-21-7-4-14-12(5-9-26-14)17(21)15-3-2-8-25-15/h2-3,5-6,8-10,17H,4,7,11H2,1H3,(H,20,22)/t17-/m1/s1. The van der Waals surface area contributed by atoms with Gasteiger partial charge >= 0.3 is 5.97 Å². The number of hydrogen-bond donors (Lipinski definition) is 1. The molecule has 1 amide bonds. The highest BCUT2D eigenvalue weighted by molar-refractivity contribution is 7.12. The quantitative estimate of drug-likeness (QED) is 0.630. The van der Waals surface area contributed by atoms with E-state index >= 15 is 0 Å². The van der Waals surface area contributed by atoms with Crippen molar-refractivity contribution in [3.8, 4) is 0 Å². The molecule has 27 heavy (non-hydrogen) atoms. The number of hydrogen-bond acceptors (Lipinski definition) is 7. The normalized spacial score (nSPS) is 16.7. The van der Waals surface area contributed by atoms with E-state index in [1.54, 1.807) is 34.1 Å². The van der Waals surface area contributed by atoms with Gasteiger partial charge in [0.2, 0.25) is 5.91 Å². The van der Waals surface area contributed by atoms with Crippen molar-refractivity contribution < 1.29 is 14.3 Å². The fourth-order valence-corrected chi connectivity index (χ4v) is 5.90. The van der Waals surface area contributed by atoms with Crippen molar-refractivity contribution in [3.05, 3.63) is 60.6 Å². The van der Waals surface area contributed by atoms with Crippen LogP contribution in [0.5, 0.6) is 0 Å². The lowest BCUT2D eigenvalue weighted by Gasteiger charge is -2.34. The first-order valence-corrected chi connectivity index (χ1v) is 11.1. The molecule has 8 heteroatoms. The minimum Gasteiger partial charge on any atom is -0.465 e. The lowest BCUT2D eigenvalue weighted by Crippen LogP contribution is -2.40. The zero-order valence-corrected chi connectivity index (χ0v) is 17.1. The number of ether oxygens (including phenoxy) is 1. The van der Waals surface area contributed by atoms with Crippen molar-refractivity contribution in [2.45, 2.75) is 12.5 Å². The first-order valence-electron chi connectivity index (χ1n) is 8.46. The number of methoxy groups -OCH3 is 1. The molecule has 4 rings (SSSR count). The Labute approximate surface area is 169 Å². The van der Waals surface area contributed by atoms with Crippen LogP contribution in [0.4, 0.5) is 5.69 Å². The van der Waals surface area contributed by atoms with Gasteiger partial charge in [0.05, 0.1) is 25.4 Å². The summed E-state index contributed by atoms with van der Waals surface area (Å²) in [6.07, 6.45) is 0.952. The van der Waals surface area contributed by atoms with Crippen molar-refractivity contribution in [1.82, 2.24) is 4.90 Å². The molecule has 140 valence electrons. The SMILES string of the molecule is COC(=O)c1sccc1NC(=O)CN1CCc2sccc2[C@@H]1c1cccs1. The number of fused-ring (bicyclic) bond motifs is 1. The van der Waals surface area contributed by atoms with Gasteiger partial charge in [0, 0.05) is 16.3 Å². The van der Waals surface area contributed by atoms with E-state index in [1.807, 2.05) is 6.07 Å². The fourth-order valence-electron chi connectivity index (χ4n) is 3.35. The summed E-state index contributed by atoms with van der Waals surface area (Å²) in [5.41, 5.74) is 1.81. The van der Waals surface area contributed by atoms with Crippen molar-refractivity contribution in [1.29, 1.82) is 0 Å². The van der Waals surface area contributed by atoms with Gasteiger partial charge < -0.3 is 10.1 Å². The molecular weight excluding hydrogens is 400 g/mol. The van der Waals surface area contributed by atoms with E-state index in [-0.39, 0.29) is 18.5 Å². The number of anilines is 1. The van der Waals surface area contributed by atoms with E-state index in [9.17, 15) is 9.59 Å². The van der Waals surface area contributed by atoms with Gasteiger partial charge in [-0.25, -0.2) is 4.79 Å². The molecule has 0 aromatic carbocycles. The average molecular weight is 419 g/mol. The number of thiophene rings is 3. The summed E-state index contributed by atoms with van der Waals surface area (Å²) in [5, 5.41) is 8.84. The Morgan fingerprint density at radius 2 is 2.04 bits per heavy atom. The minimum absolute atomic E-state index is 0.105. The number of carbonyl (C=O) groups is 2. The number of esters is 1. The Bertz CT molecular complexity index is 945.